The fraction of sp³-hybridized carbons (Fsp3) is 0.318. The van der Waals surface area contributed by atoms with Gasteiger partial charge in [-0.05, 0) is 50.2 Å². The van der Waals surface area contributed by atoms with E-state index < -0.39 is 56.9 Å². The molecule has 2 aliphatic rings. The number of benzene rings is 2. The summed E-state index contributed by atoms with van der Waals surface area (Å²) in [5.41, 5.74) is -2.10. The Kier molecular flexibility index (Phi) is 6.05. The summed E-state index contributed by atoms with van der Waals surface area (Å²) >= 11 is -1.62. The second-order valence-electron chi connectivity index (χ2n) is 8.20. The number of alkyl halides is 3. The average Bonchev–Trinajstić information content (AvgIpc) is 2.98. The number of nitriles is 1. The molecule has 2 fully saturated rings. The molecule has 2 aromatic rings. The van der Waals surface area contributed by atoms with Crippen LogP contribution in [0.15, 0.2) is 41.3 Å². The van der Waals surface area contributed by atoms with Gasteiger partial charge >= 0.3 is 12.1 Å². The first kappa shape index (κ1) is 24.0. The number of amides is 1. The molecule has 0 radical (unpaired) electrons. The van der Waals surface area contributed by atoms with Crippen molar-refractivity contribution in [1.29, 1.82) is 5.26 Å². The number of carbonyl (C=O) groups is 2. The van der Waals surface area contributed by atoms with Crippen molar-refractivity contribution in [1.82, 2.24) is 4.83 Å². The number of halogens is 4. The first-order chi connectivity index (χ1) is 15.9. The summed E-state index contributed by atoms with van der Waals surface area (Å²) < 4.78 is 63.8. The van der Waals surface area contributed by atoms with Crippen LogP contribution in [0.25, 0.3) is 0 Å². The molecule has 0 aromatic heterocycles. The van der Waals surface area contributed by atoms with Crippen LogP contribution >= 0.6 is 11.1 Å². The molecule has 2 heterocycles. The van der Waals surface area contributed by atoms with Crippen molar-refractivity contribution in [3.8, 4) is 6.07 Å². The van der Waals surface area contributed by atoms with E-state index >= 15 is 0 Å². The van der Waals surface area contributed by atoms with Crippen LogP contribution in [-0.2, 0) is 20.4 Å². The molecule has 1 N–H and O–H groups in total. The van der Waals surface area contributed by atoms with E-state index in [1.165, 1.54) is 24.3 Å². The van der Waals surface area contributed by atoms with E-state index in [2.05, 4.69) is 4.83 Å². The highest BCUT2D eigenvalue weighted by molar-refractivity contribution is 8.17. The van der Waals surface area contributed by atoms with E-state index in [4.69, 9.17) is 14.7 Å². The summed E-state index contributed by atoms with van der Waals surface area (Å²) in [6.45, 7) is 3.69. The van der Waals surface area contributed by atoms with Gasteiger partial charge in [0, 0.05) is 4.90 Å². The van der Waals surface area contributed by atoms with Crippen molar-refractivity contribution >= 4 is 28.6 Å². The number of anilines is 1. The van der Waals surface area contributed by atoms with Gasteiger partial charge in [0.25, 0.3) is 5.91 Å². The van der Waals surface area contributed by atoms with Crippen LogP contribution in [-0.4, -0.2) is 35.9 Å². The Morgan fingerprint density at radius 2 is 1.97 bits per heavy atom. The molecular formula is C22H19F4N3O4S. The van der Waals surface area contributed by atoms with Crippen molar-refractivity contribution in [2.45, 2.75) is 35.8 Å². The molecule has 7 nitrogen and oxygen atoms in total. The van der Waals surface area contributed by atoms with E-state index in [1.54, 1.807) is 13.8 Å². The number of nitrogens with one attached hydrogen (secondary N) is 1. The molecule has 1 atom stereocenters. The quantitative estimate of drug-likeness (QED) is 0.379. The maximum atomic E-state index is 14.8. The lowest BCUT2D eigenvalue weighted by atomic mass is 10.1. The average molecular weight is 497 g/mol. The highest BCUT2D eigenvalue weighted by Crippen LogP contribution is 2.51. The molecule has 180 valence electrons. The minimum absolute atomic E-state index is 0.0993. The highest BCUT2D eigenvalue weighted by atomic mass is 32.2. The Hall–Kier alpha value is -3.14. The third kappa shape index (κ3) is 4.22. The first-order valence-corrected chi connectivity index (χ1v) is 11.4. The number of carbonyl (C=O) groups excluding carboxylic acids is 2. The lowest BCUT2D eigenvalue weighted by Gasteiger charge is -2.28. The summed E-state index contributed by atoms with van der Waals surface area (Å²) in [5, 5.41) is 9.98. The first-order valence-electron chi connectivity index (χ1n) is 10.0. The van der Waals surface area contributed by atoms with Gasteiger partial charge in [-0.2, -0.15) is 23.3 Å². The summed E-state index contributed by atoms with van der Waals surface area (Å²) in [4.78, 5) is 28.6. The number of nitrogens with zero attached hydrogens (tertiary/aromatic N) is 2. The van der Waals surface area contributed by atoms with Gasteiger partial charge in [0.05, 0.1) is 46.4 Å². The lowest BCUT2D eigenvalue weighted by Crippen LogP contribution is -2.38. The van der Waals surface area contributed by atoms with Gasteiger partial charge in [0.2, 0.25) is 0 Å². The van der Waals surface area contributed by atoms with Crippen molar-refractivity contribution in [3.05, 3.63) is 58.9 Å². The van der Waals surface area contributed by atoms with Crippen LogP contribution in [0.2, 0.25) is 0 Å². The Labute approximate surface area is 194 Å². The minimum atomic E-state index is -4.79. The van der Waals surface area contributed by atoms with Crippen molar-refractivity contribution in [2.24, 2.45) is 0 Å². The fourth-order valence-corrected chi connectivity index (χ4v) is 5.68. The Morgan fingerprint density at radius 1 is 1.26 bits per heavy atom. The monoisotopic (exact) mass is 497 g/mol. The van der Waals surface area contributed by atoms with E-state index in [0.717, 1.165) is 23.2 Å². The number of hydrazine groups is 1. The number of ether oxygens (including phenoxy) is 2. The third-order valence-corrected chi connectivity index (χ3v) is 7.99. The number of esters is 1. The summed E-state index contributed by atoms with van der Waals surface area (Å²) in [6, 6.07) is 8.30. The van der Waals surface area contributed by atoms with Crippen molar-refractivity contribution in [3.63, 3.8) is 0 Å². The summed E-state index contributed by atoms with van der Waals surface area (Å²) in [5.74, 6) is -2.20. The summed E-state index contributed by atoms with van der Waals surface area (Å²) in [7, 11) is 0. The SMILES string of the molecule is CC1(C)C(=O)N(c2ccc(C#N)c(C(F)(F)F)c2)N[SH]1c1ccc(C(=O)OC2COC2)c(F)c1. The number of thiol groups is 1. The topological polar surface area (TPSA) is 91.7 Å². The normalized spacial score (nSPS) is 21.1. The number of hydrogen-bond acceptors (Lipinski definition) is 6. The Balaban J connectivity index is 1.63. The lowest BCUT2D eigenvalue weighted by molar-refractivity contribution is -0.137. The molecule has 12 heteroatoms. The van der Waals surface area contributed by atoms with Crippen LogP contribution in [0, 0.1) is 17.1 Å². The predicted octanol–water partition coefficient (Wildman–Crippen LogP) is 3.88. The standard InChI is InChI=1S/C22H19F4N3O4S/c1-21(2)20(31)29(13-4-3-12(9-27)17(7-13)22(24,25)26)28-34(21)15-5-6-16(18(23)8-15)19(30)33-14-10-32-11-14/h3-8,14,28,34H,10-11H2,1-2H3. The molecule has 0 aliphatic carbocycles. The molecule has 2 saturated heterocycles. The third-order valence-electron chi connectivity index (χ3n) is 5.48. The fourth-order valence-electron chi connectivity index (χ4n) is 3.50. The maximum Gasteiger partial charge on any atom is 0.417 e. The summed E-state index contributed by atoms with van der Waals surface area (Å²) in [6.07, 6.45) is -5.21. The number of hydrogen-bond donors (Lipinski definition) is 2. The molecule has 2 aromatic carbocycles. The largest absolute Gasteiger partial charge is 0.454 e. The zero-order valence-electron chi connectivity index (χ0n) is 17.9. The van der Waals surface area contributed by atoms with Gasteiger partial charge in [0.15, 0.2) is 0 Å². The smallest absolute Gasteiger partial charge is 0.417 e. The van der Waals surface area contributed by atoms with Gasteiger partial charge < -0.3 is 9.47 Å². The van der Waals surface area contributed by atoms with E-state index in [1.807, 2.05) is 0 Å². The van der Waals surface area contributed by atoms with E-state index in [9.17, 15) is 27.2 Å². The van der Waals surface area contributed by atoms with Crippen molar-refractivity contribution < 1.29 is 36.6 Å². The van der Waals surface area contributed by atoms with Gasteiger partial charge in [-0.25, -0.2) is 14.2 Å². The molecule has 1 amide bonds. The molecule has 0 spiro atoms. The number of rotatable bonds is 4. The van der Waals surface area contributed by atoms with Gasteiger partial charge in [0.1, 0.15) is 11.9 Å². The molecule has 0 saturated carbocycles. The second kappa shape index (κ2) is 8.57. The molecule has 4 rings (SSSR count). The second-order valence-corrected chi connectivity index (χ2v) is 10.7. The Bertz CT molecular complexity index is 1210. The Morgan fingerprint density at radius 3 is 2.53 bits per heavy atom. The zero-order valence-corrected chi connectivity index (χ0v) is 18.8. The van der Waals surface area contributed by atoms with E-state index in [0.29, 0.717) is 4.90 Å². The molecule has 34 heavy (non-hydrogen) atoms. The molecule has 2 aliphatic heterocycles. The molecule has 0 bridgehead atoms. The van der Waals surface area contributed by atoms with Crippen LogP contribution < -0.4 is 9.84 Å². The zero-order chi connectivity index (χ0) is 24.8. The van der Waals surface area contributed by atoms with Crippen LogP contribution in [0.1, 0.15) is 35.3 Å². The highest BCUT2D eigenvalue weighted by Gasteiger charge is 2.47. The van der Waals surface area contributed by atoms with Crippen LogP contribution in [0.4, 0.5) is 23.2 Å². The predicted molar refractivity (Wildman–Crippen MR) is 115 cm³/mol. The van der Waals surface area contributed by atoms with E-state index in [-0.39, 0.29) is 24.5 Å². The van der Waals surface area contributed by atoms with Crippen molar-refractivity contribution in [2.75, 3.05) is 18.2 Å². The van der Waals surface area contributed by atoms with Gasteiger partial charge in [-0.3, -0.25) is 4.79 Å². The maximum absolute atomic E-state index is 14.8. The van der Waals surface area contributed by atoms with Crippen LogP contribution in [0.3, 0.4) is 0 Å². The molecular weight excluding hydrogens is 478 g/mol. The van der Waals surface area contributed by atoms with Gasteiger partial charge in [-0.1, -0.05) is 0 Å². The van der Waals surface area contributed by atoms with Crippen LogP contribution in [0.5, 0.6) is 0 Å². The molecule has 1 unspecified atom stereocenters. The van der Waals surface area contributed by atoms with Gasteiger partial charge in [-0.15, -0.1) is 11.1 Å². The minimum Gasteiger partial charge on any atom is -0.454 e.